The third-order valence-electron chi connectivity index (χ3n) is 3.91. The van der Waals surface area contributed by atoms with Crippen LogP contribution in [0.15, 0.2) is 66.7 Å². The number of aromatic nitrogens is 2. The summed E-state index contributed by atoms with van der Waals surface area (Å²) in [5.74, 6) is 2.45. The fourth-order valence-electron chi connectivity index (χ4n) is 2.53. The Morgan fingerprint density at radius 1 is 1.00 bits per heavy atom. The first kappa shape index (κ1) is 17.1. The largest absolute Gasteiger partial charge is 0.249 e. The quantitative estimate of drug-likeness (QED) is 0.546. The Balaban J connectivity index is 1.57. The number of benzene rings is 2. The van der Waals surface area contributed by atoms with Crippen LogP contribution in [0, 0.1) is 0 Å². The number of rotatable bonds is 7. The molecule has 0 aliphatic carbocycles. The van der Waals surface area contributed by atoms with E-state index in [0.29, 0.717) is 17.6 Å². The minimum absolute atomic E-state index is 0.383. The van der Waals surface area contributed by atoms with Crippen LogP contribution >= 0.6 is 23.4 Å². The highest BCUT2D eigenvalue weighted by Gasteiger charge is 2.13. The number of thioether (sulfide) groups is 1. The molecule has 0 saturated heterocycles. The smallest absolute Gasteiger partial charge is 0.127 e. The van der Waals surface area contributed by atoms with Gasteiger partial charge in [0.05, 0.1) is 12.2 Å². The first-order valence-corrected chi connectivity index (χ1v) is 9.64. The maximum absolute atomic E-state index is 6.36. The van der Waals surface area contributed by atoms with Crippen molar-refractivity contribution in [2.24, 2.45) is 0 Å². The molecule has 3 aromatic rings. The molecule has 0 N–H and O–H groups in total. The third kappa shape index (κ3) is 4.65. The van der Waals surface area contributed by atoms with Crippen LogP contribution in [0.3, 0.4) is 0 Å². The maximum Gasteiger partial charge on any atom is 0.127 e. The second kappa shape index (κ2) is 8.41. The average molecular weight is 357 g/mol. The molecule has 0 amide bonds. The van der Waals surface area contributed by atoms with Gasteiger partial charge in [-0.05, 0) is 17.2 Å². The molecule has 24 heavy (non-hydrogen) atoms. The lowest BCUT2D eigenvalue weighted by Gasteiger charge is -2.08. The summed E-state index contributed by atoms with van der Waals surface area (Å²) in [6.07, 6.45) is 0. The van der Waals surface area contributed by atoms with Crippen molar-refractivity contribution in [2.75, 3.05) is 5.75 Å². The van der Waals surface area contributed by atoms with Crippen molar-refractivity contribution in [3.63, 3.8) is 0 Å². The Labute approximate surface area is 152 Å². The van der Waals surface area contributed by atoms with Gasteiger partial charge in [-0.15, -0.1) is 0 Å². The van der Waals surface area contributed by atoms with Crippen molar-refractivity contribution in [3.8, 4) is 0 Å². The van der Waals surface area contributed by atoms with Gasteiger partial charge >= 0.3 is 0 Å². The molecule has 0 aliphatic rings. The summed E-state index contributed by atoms with van der Waals surface area (Å²) in [5.41, 5.74) is 3.64. The van der Waals surface area contributed by atoms with E-state index >= 15 is 0 Å². The predicted octanol–water partition coefficient (Wildman–Crippen LogP) is 5.62. The molecule has 0 aliphatic heterocycles. The topological polar surface area (TPSA) is 17.8 Å². The van der Waals surface area contributed by atoms with Crippen molar-refractivity contribution in [2.45, 2.75) is 25.1 Å². The molecule has 0 saturated carbocycles. The Morgan fingerprint density at radius 2 is 1.62 bits per heavy atom. The van der Waals surface area contributed by atoms with Gasteiger partial charge in [0.2, 0.25) is 0 Å². The van der Waals surface area contributed by atoms with E-state index in [1.54, 1.807) is 0 Å². The third-order valence-corrected chi connectivity index (χ3v) is 5.49. The lowest BCUT2D eigenvalue weighted by molar-refractivity contribution is 0.659. The molecular formula is C20H21ClN2S. The lowest BCUT2D eigenvalue weighted by Crippen LogP contribution is -2.04. The predicted molar refractivity (Wildman–Crippen MR) is 104 cm³/mol. The van der Waals surface area contributed by atoms with Gasteiger partial charge < -0.3 is 0 Å². The minimum Gasteiger partial charge on any atom is -0.249 e. The summed E-state index contributed by atoms with van der Waals surface area (Å²) in [7, 11) is 0. The van der Waals surface area contributed by atoms with Crippen LogP contribution in [0.1, 0.15) is 29.7 Å². The van der Waals surface area contributed by atoms with Gasteiger partial charge in [-0.3, -0.25) is 0 Å². The molecule has 0 fully saturated rings. The van der Waals surface area contributed by atoms with Gasteiger partial charge in [-0.1, -0.05) is 79.2 Å². The SMILES string of the molecule is CC(CSCc1ccccc1)c1cc(Cl)n(Cc2ccccc2)n1. The number of halogens is 1. The molecule has 4 heteroatoms. The van der Waals surface area contributed by atoms with Gasteiger partial charge in [0.25, 0.3) is 0 Å². The van der Waals surface area contributed by atoms with Crippen LogP contribution < -0.4 is 0 Å². The molecule has 0 radical (unpaired) electrons. The van der Waals surface area contributed by atoms with Crippen LogP contribution in [0.25, 0.3) is 0 Å². The molecule has 124 valence electrons. The molecule has 0 bridgehead atoms. The summed E-state index contributed by atoms with van der Waals surface area (Å²) < 4.78 is 1.88. The van der Waals surface area contributed by atoms with Crippen LogP contribution in [-0.4, -0.2) is 15.5 Å². The van der Waals surface area contributed by atoms with Crippen molar-refractivity contribution in [1.82, 2.24) is 9.78 Å². The zero-order valence-electron chi connectivity index (χ0n) is 13.7. The van der Waals surface area contributed by atoms with E-state index in [1.807, 2.05) is 40.7 Å². The first-order valence-electron chi connectivity index (χ1n) is 8.11. The van der Waals surface area contributed by atoms with Gasteiger partial charge in [0.1, 0.15) is 5.15 Å². The van der Waals surface area contributed by atoms with Crippen molar-refractivity contribution in [1.29, 1.82) is 0 Å². The average Bonchev–Trinajstić information content (AvgIpc) is 2.97. The molecular weight excluding hydrogens is 336 g/mol. The molecule has 3 rings (SSSR count). The number of hydrogen-bond donors (Lipinski definition) is 0. The molecule has 1 aromatic heterocycles. The van der Waals surface area contributed by atoms with E-state index in [2.05, 4.69) is 49.4 Å². The summed E-state index contributed by atoms with van der Waals surface area (Å²) in [6, 6.07) is 22.9. The van der Waals surface area contributed by atoms with E-state index in [9.17, 15) is 0 Å². The van der Waals surface area contributed by atoms with E-state index in [4.69, 9.17) is 16.7 Å². The van der Waals surface area contributed by atoms with Crippen LogP contribution in [-0.2, 0) is 12.3 Å². The van der Waals surface area contributed by atoms with E-state index in [1.165, 1.54) is 11.1 Å². The molecule has 2 aromatic carbocycles. The van der Waals surface area contributed by atoms with Gasteiger partial charge in [0, 0.05) is 17.4 Å². The van der Waals surface area contributed by atoms with Crippen molar-refractivity contribution >= 4 is 23.4 Å². The monoisotopic (exact) mass is 356 g/mol. The van der Waals surface area contributed by atoms with E-state index < -0.39 is 0 Å². The second-order valence-corrected chi connectivity index (χ2v) is 7.35. The second-order valence-electron chi connectivity index (χ2n) is 5.94. The molecule has 0 spiro atoms. The van der Waals surface area contributed by atoms with Gasteiger partial charge in [-0.25, -0.2) is 4.68 Å². The van der Waals surface area contributed by atoms with E-state index in [0.717, 1.165) is 17.2 Å². The Bertz CT molecular complexity index is 756. The van der Waals surface area contributed by atoms with Gasteiger partial charge in [-0.2, -0.15) is 16.9 Å². The minimum atomic E-state index is 0.383. The van der Waals surface area contributed by atoms with E-state index in [-0.39, 0.29) is 0 Å². The Kier molecular flexibility index (Phi) is 6.00. The lowest BCUT2D eigenvalue weighted by atomic mass is 10.1. The zero-order valence-corrected chi connectivity index (χ0v) is 15.3. The summed E-state index contributed by atoms with van der Waals surface area (Å²) >= 11 is 8.30. The van der Waals surface area contributed by atoms with Crippen LogP contribution in [0.5, 0.6) is 0 Å². The molecule has 1 unspecified atom stereocenters. The van der Waals surface area contributed by atoms with Crippen molar-refractivity contribution in [3.05, 3.63) is 88.7 Å². The standard InChI is InChI=1S/C20H21ClN2S/c1-16(14-24-15-18-10-6-3-7-11-18)19-12-20(21)23(22-19)13-17-8-4-2-5-9-17/h2-12,16H,13-15H2,1H3. The fourth-order valence-corrected chi connectivity index (χ4v) is 3.81. The number of hydrogen-bond acceptors (Lipinski definition) is 2. The zero-order chi connectivity index (χ0) is 16.8. The highest BCUT2D eigenvalue weighted by atomic mass is 35.5. The summed E-state index contributed by atoms with van der Waals surface area (Å²) in [6.45, 7) is 2.92. The Morgan fingerprint density at radius 3 is 2.29 bits per heavy atom. The normalized spacial score (nSPS) is 12.2. The van der Waals surface area contributed by atoms with Crippen LogP contribution in [0.4, 0.5) is 0 Å². The summed E-state index contributed by atoms with van der Waals surface area (Å²) in [4.78, 5) is 0. The fraction of sp³-hybridized carbons (Fsp3) is 0.250. The number of nitrogens with zero attached hydrogens (tertiary/aromatic N) is 2. The van der Waals surface area contributed by atoms with Crippen molar-refractivity contribution < 1.29 is 0 Å². The van der Waals surface area contributed by atoms with Crippen LogP contribution in [0.2, 0.25) is 5.15 Å². The van der Waals surface area contributed by atoms with Gasteiger partial charge in [0.15, 0.2) is 0 Å². The Hall–Kier alpha value is -1.71. The first-order chi connectivity index (χ1) is 11.7. The highest BCUT2D eigenvalue weighted by Crippen LogP contribution is 2.24. The highest BCUT2D eigenvalue weighted by molar-refractivity contribution is 7.98. The summed E-state index contributed by atoms with van der Waals surface area (Å²) in [5, 5.41) is 5.40. The molecule has 1 atom stereocenters. The molecule has 2 nitrogen and oxygen atoms in total. The molecule has 1 heterocycles. The maximum atomic E-state index is 6.36.